The van der Waals surface area contributed by atoms with Gasteiger partial charge < -0.3 is 9.47 Å². The molecule has 0 heterocycles. The highest BCUT2D eigenvalue weighted by Gasteiger charge is 2.43. The molecule has 114 valence electrons. The van der Waals surface area contributed by atoms with E-state index in [0.717, 1.165) is 0 Å². The molecule has 0 aliphatic rings. The van der Waals surface area contributed by atoms with Crippen LogP contribution >= 0.6 is 0 Å². The lowest BCUT2D eigenvalue weighted by Crippen LogP contribution is -2.36. The summed E-state index contributed by atoms with van der Waals surface area (Å²) in [5.41, 5.74) is 0.535. The number of hydrogen-bond acceptors (Lipinski definition) is 4. The maximum atomic E-state index is 12.2. The van der Waals surface area contributed by atoms with Gasteiger partial charge in [-0.15, -0.1) is 0 Å². The van der Waals surface area contributed by atoms with Crippen LogP contribution in [0.15, 0.2) is 43.0 Å². The Labute approximate surface area is 119 Å². The zero-order valence-electron chi connectivity index (χ0n) is 10.9. The standard InChI is InChI=1S/C14H13F3O4/c1-2-8-20-12(18)11(21-13(19)14(15,16)17)9-10-6-4-3-5-7-10/h2-7,11H,1,8-9H2. The number of esters is 2. The second kappa shape index (κ2) is 7.47. The van der Waals surface area contributed by atoms with Crippen LogP contribution in [0.25, 0.3) is 0 Å². The van der Waals surface area contributed by atoms with Crippen LogP contribution in [0.3, 0.4) is 0 Å². The van der Waals surface area contributed by atoms with Crippen LogP contribution in [0.1, 0.15) is 5.56 Å². The van der Waals surface area contributed by atoms with Gasteiger partial charge in [-0.2, -0.15) is 13.2 Å². The van der Waals surface area contributed by atoms with E-state index >= 15 is 0 Å². The topological polar surface area (TPSA) is 52.6 Å². The van der Waals surface area contributed by atoms with Crippen molar-refractivity contribution in [2.75, 3.05) is 6.61 Å². The summed E-state index contributed by atoms with van der Waals surface area (Å²) >= 11 is 0. The van der Waals surface area contributed by atoms with Crippen molar-refractivity contribution in [3.05, 3.63) is 48.6 Å². The molecule has 0 bridgehead atoms. The minimum absolute atomic E-state index is 0.187. The first-order valence-electron chi connectivity index (χ1n) is 5.94. The number of carbonyl (C=O) groups is 2. The molecule has 0 aromatic heterocycles. The predicted molar refractivity (Wildman–Crippen MR) is 67.2 cm³/mol. The molecule has 1 unspecified atom stereocenters. The molecule has 0 fully saturated rings. The Kier molecular flexibility index (Phi) is 5.95. The van der Waals surface area contributed by atoms with Crippen molar-refractivity contribution in [3.63, 3.8) is 0 Å². The minimum Gasteiger partial charge on any atom is -0.459 e. The predicted octanol–water partition coefficient (Wildman–Crippen LogP) is 2.43. The maximum Gasteiger partial charge on any atom is 0.490 e. The average molecular weight is 302 g/mol. The fourth-order valence-corrected chi connectivity index (χ4v) is 1.43. The van der Waals surface area contributed by atoms with Crippen LogP contribution in [0, 0.1) is 0 Å². The third-order valence-electron chi connectivity index (χ3n) is 2.35. The Bertz CT molecular complexity index is 497. The zero-order valence-corrected chi connectivity index (χ0v) is 10.9. The summed E-state index contributed by atoms with van der Waals surface area (Å²) in [6.45, 7) is 3.12. The van der Waals surface area contributed by atoms with Crippen LogP contribution in [0.5, 0.6) is 0 Å². The van der Waals surface area contributed by atoms with E-state index in [1.54, 1.807) is 30.3 Å². The first kappa shape index (κ1) is 16.7. The van der Waals surface area contributed by atoms with Gasteiger partial charge >= 0.3 is 18.1 Å². The van der Waals surface area contributed by atoms with Gasteiger partial charge in [0, 0.05) is 6.42 Å². The first-order valence-corrected chi connectivity index (χ1v) is 5.94. The Morgan fingerprint density at radius 1 is 1.24 bits per heavy atom. The molecule has 0 aliphatic carbocycles. The van der Waals surface area contributed by atoms with Gasteiger partial charge in [0.1, 0.15) is 6.61 Å². The number of hydrogen-bond donors (Lipinski definition) is 0. The maximum absolute atomic E-state index is 12.2. The molecular formula is C14H13F3O4. The largest absolute Gasteiger partial charge is 0.490 e. The van der Waals surface area contributed by atoms with E-state index in [1.165, 1.54) is 6.08 Å². The number of carbonyl (C=O) groups excluding carboxylic acids is 2. The van der Waals surface area contributed by atoms with Crippen molar-refractivity contribution in [2.45, 2.75) is 18.7 Å². The van der Waals surface area contributed by atoms with Gasteiger partial charge in [-0.3, -0.25) is 0 Å². The molecule has 21 heavy (non-hydrogen) atoms. The lowest BCUT2D eigenvalue weighted by molar-refractivity contribution is -0.207. The Morgan fingerprint density at radius 2 is 1.86 bits per heavy atom. The van der Waals surface area contributed by atoms with Crippen molar-refractivity contribution >= 4 is 11.9 Å². The monoisotopic (exact) mass is 302 g/mol. The molecule has 0 saturated carbocycles. The number of halogens is 3. The number of benzene rings is 1. The normalized spacial score (nSPS) is 12.3. The number of ether oxygens (including phenoxy) is 2. The van der Waals surface area contributed by atoms with Gasteiger partial charge in [-0.1, -0.05) is 43.0 Å². The van der Waals surface area contributed by atoms with Crippen molar-refractivity contribution in [1.29, 1.82) is 0 Å². The summed E-state index contributed by atoms with van der Waals surface area (Å²) in [6, 6.07) is 8.18. The highest BCUT2D eigenvalue weighted by molar-refractivity contribution is 5.82. The van der Waals surface area contributed by atoms with E-state index in [4.69, 9.17) is 0 Å². The van der Waals surface area contributed by atoms with E-state index < -0.39 is 24.2 Å². The molecule has 1 aromatic rings. The summed E-state index contributed by atoms with van der Waals surface area (Å²) in [5.74, 6) is -3.49. The summed E-state index contributed by atoms with van der Waals surface area (Å²) in [6.07, 6.45) is -5.79. The Balaban J connectivity index is 2.81. The van der Waals surface area contributed by atoms with E-state index in [0.29, 0.717) is 5.56 Å². The molecule has 0 aliphatic heterocycles. The van der Waals surface area contributed by atoms with E-state index in [-0.39, 0.29) is 13.0 Å². The molecule has 0 amide bonds. The second-order valence-electron chi connectivity index (χ2n) is 4.00. The third kappa shape index (κ3) is 5.68. The molecule has 4 nitrogen and oxygen atoms in total. The van der Waals surface area contributed by atoms with Crippen molar-refractivity contribution < 1.29 is 32.2 Å². The molecular weight excluding hydrogens is 289 g/mol. The van der Waals surface area contributed by atoms with Crippen LogP contribution in [-0.4, -0.2) is 30.8 Å². The molecule has 1 rings (SSSR count). The van der Waals surface area contributed by atoms with Gasteiger partial charge in [0.15, 0.2) is 0 Å². The summed E-state index contributed by atoms with van der Waals surface area (Å²) < 4.78 is 45.5. The Hall–Kier alpha value is -2.31. The highest BCUT2D eigenvalue weighted by Crippen LogP contribution is 2.19. The SMILES string of the molecule is C=CCOC(=O)C(Cc1ccccc1)OC(=O)C(F)(F)F. The van der Waals surface area contributed by atoms with Crippen LogP contribution in [0.4, 0.5) is 13.2 Å². The fraction of sp³-hybridized carbons (Fsp3) is 0.286. The molecule has 0 spiro atoms. The number of rotatable bonds is 6. The van der Waals surface area contributed by atoms with Gasteiger partial charge in [-0.05, 0) is 5.56 Å². The lowest BCUT2D eigenvalue weighted by atomic mass is 10.1. The zero-order chi connectivity index (χ0) is 15.9. The lowest BCUT2D eigenvalue weighted by Gasteiger charge is -2.17. The number of alkyl halides is 3. The second-order valence-corrected chi connectivity index (χ2v) is 4.00. The first-order chi connectivity index (χ1) is 9.84. The molecule has 0 saturated heterocycles. The molecule has 7 heteroatoms. The van der Waals surface area contributed by atoms with Crippen LogP contribution in [0.2, 0.25) is 0 Å². The van der Waals surface area contributed by atoms with Gasteiger partial charge in [0.05, 0.1) is 0 Å². The molecule has 1 atom stereocenters. The van der Waals surface area contributed by atoms with Crippen LogP contribution < -0.4 is 0 Å². The van der Waals surface area contributed by atoms with Gasteiger partial charge in [0.25, 0.3) is 0 Å². The molecule has 1 aromatic carbocycles. The van der Waals surface area contributed by atoms with E-state index in [1.807, 2.05) is 0 Å². The van der Waals surface area contributed by atoms with Gasteiger partial charge in [0.2, 0.25) is 6.10 Å². The van der Waals surface area contributed by atoms with Crippen molar-refractivity contribution in [1.82, 2.24) is 0 Å². The molecule has 0 N–H and O–H groups in total. The quantitative estimate of drug-likeness (QED) is 0.598. The summed E-state index contributed by atoms with van der Waals surface area (Å²) in [7, 11) is 0. The third-order valence-corrected chi connectivity index (χ3v) is 2.35. The van der Waals surface area contributed by atoms with Crippen molar-refractivity contribution in [2.24, 2.45) is 0 Å². The van der Waals surface area contributed by atoms with E-state index in [2.05, 4.69) is 16.1 Å². The summed E-state index contributed by atoms with van der Waals surface area (Å²) in [5, 5.41) is 0. The van der Waals surface area contributed by atoms with Gasteiger partial charge in [-0.25, -0.2) is 9.59 Å². The molecule has 0 radical (unpaired) electrons. The highest BCUT2D eigenvalue weighted by atomic mass is 19.4. The Morgan fingerprint density at radius 3 is 2.38 bits per heavy atom. The minimum atomic E-state index is -5.17. The average Bonchev–Trinajstić information content (AvgIpc) is 2.44. The summed E-state index contributed by atoms with van der Waals surface area (Å²) in [4.78, 5) is 22.5. The van der Waals surface area contributed by atoms with E-state index in [9.17, 15) is 22.8 Å². The van der Waals surface area contributed by atoms with Crippen molar-refractivity contribution in [3.8, 4) is 0 Å². The van der Waals surface area contributed by atoms with Crippen LogP contribution in [-0.2, 0) is 25.5 Å². The smallest absolute Gasteiger partial charge is 0.459 e. The fourth-order valence-electron chi connectivity index (χ4n) is 1.43.